The van der Waals surface area contributed by atoms with Crippen LogP contribution in [0.5, 0.6) is 0 Å². The van der Waals surface area contributed by atoms with Crippen LogP contribution in [0.25, 0.3) is 0 Å². The molecule has 1 aromatic carbocycles. The zero-order valence-corrected chi connectivity index (χ0v) is 14.5. The maximum absolute atomic E-state index is 11.6. The Morgan fingerprint density at radius 1 is 1.17 bits per heavy atom. The maximum atomic E-state index is 11.6. The van der Waals surface area contributed by atoms with Gasteiger partial charge in [0, 0.05) is 12.2 Å². The van der Waals surface area contributed by atoms with Crippen molar-refractivity contribution in [2.24, 2.45) is 5.92 Å². The van der Waals surface area contributed by atoms with Crippen molar-refractivity contribution < 1.29 is 14.7 Å². The summed E-state index contributed by atoms with van der Waals surface area (Å²) in [6, 6.07) is 7.46. The summed E-state index contributed by atoms with van der Waals surface area (Å²) in [5, 5.41) is 17.1. The predicted molar refractivity (Wildman–Crippen MR) is 96.9 cm³/mol. The van der Waals surface area contributed by atoms with Gasteiger partial charge in [-0.1, -0.05) is 12.1 Å². The standard InChI is InChI=1S/C17H25N3O3.ClH/c21-16(22)9-12-19-17(23)20-15-5-3-13(4-6-15)1-2-14-7-10-18-11-8-14;/h3-6,14,18H,1-2,7-12H2,(H,21,22)(H2,19,20,23);1H. The highest BCUT2D eigenvalue weighted by Gasteiger charge is 2.12. The molecule has 1 aromatic rings. The zero-order chi connectivity index (χ0) is 16.5. The molecule has 2 rings (SSSR count). The van der Waals surface area contributed by atoms with Gasteiger partial charge in [-0.3, -0.25) is 4.79 Å². The summed E-state index contributed by atoms with van der Waals surface area (Å²) in [4.78, 5) is 22.0. The van der Waals surface area contributed by atoms with Crippen molar-refractivity contribution in [2.75, 3.05) is 25.0 Å². The van der Waals surface area contributed by atoms with Crippen LogP contribution in [0.1, 0.15) is 31.2 Å². The summed E-state index contributed by atoms with van der Waals surface area (Å²) in [6.45, 7) is 2.38. The number of nitrogens with one attached hydrogen (secondary N) is 3. The molecule has 0 saturated carbocycles. The molecule has 0 bridgehead atoms. The topological polar surface area (TPSA) is 90.5 Å². The summed E-state index contributed by atoms with van der Waals surface area (Å²) in [5.74, 6) is -0.113. The molecule has 0 aliphatic carbocycles. The number of anilines is 1. The van der Waals surface area contributed by atoms with Crippen LogP contribution < -0.4 is 16.0 Å². The lowest BCUT2D eigenvalue weighted by Crippen LogP contribution is -2.30. The summed E-state index contributed by atoms with van der Waals surface area (Å²) in [5.41, 5.74) is 1.99. The molecule has 0 spiro atoms. The van der Waals surface area contributed by atoms with E-state index < -0.39 is 5.97 Å². The summed E-state index contributed by atoms with van der Waals surface area (Å²) < 4.78 is 0. The zero-order valence-electron chi connectivity index (χ0n) is 13.7. The number of hydrogen-bond acceptors (Lipinski definition) is 3. The van der Waals surface area contributed by atoms with Gasteiger partial charge in [0.1, 0.15) is 0 Å². The molecule has 1 aliphatic rings. The number of carbonyl (C=O) groups excluding carboxylic acids is 1. The van der Waals surface area contributed by atoms with Gasteiger partial charge in [0.25, 0.3) is 0 Å². The van der Waals surface area contributed by atoms with Crippen LogP contribution in [0.2, 0.25) is 0 Å². The van der Waals surface area contributed by atoms with Crippen molar-refractivity contribution in [3.8, 4) is 0 Å². The van der Waals surface area contributed by atoms with Gasteiger partial charge in [0.2, 0.25) is 0 Å². The molecule has 1 saturated heterocycles. The molecule has 0 aromatic heterocycles. The van der Waals surface area contributed by atoms with Crippen LogP contribution in [0.4, 0.5) is 10.5 Å². The number of piperidine rings is 1. The van der Waals surface area contributed by atoms with Crippen LogP contribution in [-0.4, -0.2) is 36.7 Å². The molecule has 0 atom stereocenters. The number of aryl methyl sites for hydroxylation is 1. The third kappa shape index (κ3) is 7.66. The van der Waals surface area contributed by atoms with Crippen molar-refractivity contribution in [3.05, 3.63) is 29.8 Å². The summed E-state index contributed by atoms with van der Waals surface area (Å²) in [6.07, 6.45) is 4.72. The minimum Gasteiger partial charge on any atom is -0.481 e. The second-order valence-corrected chi connectivity index (χ2v) is 5.95. The van der Waals surface area contributed by atoms with E-state index in [9.17, 15) is 9.59 Å². The van der Waals surface area contributed by atoms with E-state index in [2.05, 4.69) is 16.0 Å². The summed E-state index contributed by atoms with van der Waals surface area (Å²) in [7, 11) is 0. The van der Waals surface area contributed by atoms with Gasteiger partial charge in [0.05, 0.1) is 6.42 Å². The largest absolute Gasteiger partial charge is 0.481 e. The molecule has 2 amide bonds. The second-order valence-electron chi connectivity index (χ2n) is 5.95. The van der Waals surface area contributed by atoms with E-state index in [1.54, 1.807) is 0 Å². The van der Waals surface area contributed by atoms with E-state index in [0.29, 0.717) is 5.69 Å². The fourth-order valence-electron chi connectivity index (χ4n) is 2.75. The molecule has 134 valence electrons. The fourth-order valence-corrected chi connectivity index (χ4v) is 2.75. The Hall–Kier alpha value is -1.79. The van der Waals surface area contributed by atoms with E-state index in [1.807, 2.05) is 24.3 Å². The minimum atomic E-state index is -0.927. The Balaban J connectivity index is 0.00000288. The number of urea groups is 1. The van der Waals surface area contributed by atoms with E-state index in [-0.39, 0.29) is 31.4 Å². The average Bonchev–Trinajstić information content (AvgIpc) is 2.55. The lowest BCUT2D eigenvalue weighted by molar-refractivity contribution is -0.136. The van der Waals surface area contributed by atoms with Crippen LogP contribution in [0, 0.1) is 5.92 Å². The summed E-state index contributed by atoms with van der Waals surface area (Å²) >= 11 is 0. The second kappa shape index (κ2) is 10.9. The van der Waals surface area contributed by atoms with Gasteiger partial charge in [-0.2, -0.15) is 0 Å². The Bertz CT molecular complexity index is 516. The van der Waals surface area contributed by atoms with E-state index in [4.69, 9.17) is 5.11 Å². The van der Waals surface area contributed by atoms with Crippen molar-refractivity contribution in [1.82, 2.24) is 10.6 Å². The first-order chi connectivity index (χ1) is 11.1. The van der Waals surface area contributed by atoms with Crippen LogP contribution >= 0.6 is 12.4 Å². The Kier molecular flexibility index (Phi) is 9.19. The molecular formula is C17H26ClN3O3. The first-order valence-corrected chi connectivity index (χ1v) is 8.20. The number of aliphatic carboxylic acids is 1. The molecule has 6 nitrogen and oxygen atoms in total. The van der Waals surface area contributed by atoms with Crippen molar-refractivity contribution >= 4 is 30.1 Å². The van der Waals surface area contributed by atoms with Crippen LogP contribution in [-0.2, 0) is 11.2 Å². The molecule has 0 radical (unpaired) electrons. The average molecular weight is 356 g/mol. The van der Waals surface area contributed by atoms with Gasteiger partial charge < -0.3 is 21.1 Å². The lowest BCUT2D eigenvalue weighted by atomic mass is 9.91. The number of hydrogen-bond donors (Lipinski definition) is 4. The predicted octanol–water partition coefficient (Wildman–Crippen LogP) is 2.64. The van der Waals surface area contributed by atoms with E-state index in [0.717, 1.165) is 25.4 Å². The highest BCUT2D eigenvalue weighted by atomic mass is 35.5. The SMILES string of the molecule is Cl.O=C(O)CCNC(=O)Nc1ccc(CCC2CCNCC2)cc1. The van der Waals surface area contributed by atoms with Crippen molar-refractivity contribution in [2.45, 2.75) is 32.1 Å². The normalized spacial score (nSPS) is 14.5. The Morgan fingerprint density at radius 3 is 2.46 bits per heavy atom. The van der Waals surface area contributed by atoms with Gasteiger partial charge in [-0.15, -0.1) is 12.4 Å². The van der Waals surface area contributed by atoms with Gasteiger partial charge in [-0.25, -0.2) is 4.79 Å². The molecule has 0 unspecified atom stereocenters. The number of carbonyl (C=O) groups is 2. The highest BCUT2D eigenvalue weighted by molar-refractivity contribution is 5.89. The number of halogens is 1. The van der Waals surface area contributed by atoms with Gasteiger partial charge in [0.15, 0.2) is 0 Å². The van der Waals surface area contributed by atoms with Gasteiger partial charge in [-0.05, 0) is 62.4 Å². The number of benzene rings is 1. The first-order valence-electron chi connectivity index (χ1n) is 8.20. The minimum absolute atomic E-state index is 0. The number of rotatable bonds is 7. The smallest absolute Gasteiger partial charge is 0.319 e. The molecule has 1 heterocycles. The van der Waals surface area contributed by atoms with Crippen LogP contribution in [0.3, 0.4) is 0 Å². The fraction of sp³-hybridized carbons (Fsp3) is 0.529. The molecular weight excluding hydrogens is 330 g/mol. The Morgan fingerprint density at radius 2 is 1.83 bits per heavy atom. The lowest BCUT2D eigenvalue weighted by Gasteiger charge is -2.22. The highest BCUT2D eigenvalue weighted by Crippen LogP contribution is 2.19. The van der Waals surface area contributed by atoms with E-state index in [1.165, 1.54) is 24.8 Å². The molecule has 1 fully saturated rings. The number of carboxylic acid groups (broad SMARTS) is 1. The number of carboxylic acids is 1. The van der Waals surface area contributed by atoms with Gasteiger partial charge >= 0.3 is 12.0 Å². The van der Waals surface area contributed by atoms with Crippen molar-refractivity contribution in [1.29, 1.82) is 0 Å². The molecule has 24 heavy (non-hydrogen) atoms. The first kappa shape index (κ1) is 20.3. The molecule has 1 aliphatic heterocycles. The molecule has 7 heteroatoms. The van der Waals surface area contributed by atoms with E-state index >= 15 is 0 Å². The monoisotopic (exact) mass is 355 g/mol. The van der Waals surface area contributed by atoms with Crippen LogP contribution in [0.15, 0.2) is 24.3 Å². The van der Waals surface area contributed by atoms with Crippen molar-refractivity contribution in [3.63, 3.8) is 0 Å². The molecule has 4 N–H and O–H groups in total. The number of amides is 2. The third-order valence-corrected chi connectivity index (χ3v) is 4.14. The quantitative estimate of drug-likeness (QED) is 0.605. The Labute approximate surface area is 148 Å². The third-order valence-electron chi connectivity index (χ3n) is 4.14. The maximum Gasteiger partial charge on any atom is 0.319 e.